The lowest BCUT2D eigenvalue weighted by atomic mass is 10.0. The molecular weight excluding hydrogens is 314 g/mol. The lowest BCUT2D eigenvalue weighted by Crippen LogP contribution is -2.38. The SMILES string of the molecule is CC(C)CN(C1CCCC1)C(C)c1cc(Br)ccc1O. The van der Waals surface area contributed by atoms with Gasteiger partial charge >= 0.3 is 0 Å². The third-order valence-corrected chi connectivity index (χ3v) is 4.80. The third-order valence-electron chi connectivity index (χ3n) is 4.31. The number of nitrogens with zero attached hydrogens (tertiary/aromatic N) is 1. The van der Waals surface area contributed by atoms with Crippen molar-refractivity contribution >= 4 is 15.9 Å². The predicted molar refractivity (Wildman–Crippen MR) is 88.0 cm³/mol. The largest absolute Gasteiger partial charge is 0.508 e. The molecule has 112 valence electrons. The highest BCUT2D eigenvalue weighted by atomic mass is 79.9. The van der Waals surface area contributed by atoms with Crippen LogP contribution in [0.15, 0.2) is 22.7 Å². The summed E-state index contributed by atoms with van der Waals surface area (Å²) in [7, 11) is 0. The van der Waals surface area contributed by atoms with E-state index in [4.69, 9.17) is 0 Å². The Labute approximate surface area is 131 Å². The van der Waals surface area contributed by atoms with Crippen LogP contribution in [0.1, 0.15) is 58.1 Å². The Morgan fingerprint density at radius 2 is 1.90 bits per heavy atom. The van der Waals surface area contributed by atoms with Crippen molar-refractivity contribution in [3.8, 4) is 5.75 Å². The first-order valence-electron chi connectivity index (χ1n) is 7.73. The van der Waals surface area contributed by atoms with Gasteiger partial charge in [-0.3, -0.25) is 4.90 Å². The smallest absolute Gasteiger partial charge is 0.120 e. The van der Waals surface area contributed by atoms with Crippen LogP contribution >= 0.6 is 15.9 Å². The summed E-state index contributed by atoms with van der Waals surface area (Å²) < 4.78 is 1.04. The highest BCUT2D eigenvalue weighted by Crippen LogP contribution is 2.36. The summed E-state index contributed by atoms with van der Waals surface area (Å²) in [6, 6.07) is 6.68. The van der Waals surface area contributed by atoms with Gasteiger partial charge in [-0.25, -0.2) is 0 Å². The van der Waals surface area contributed by atoms with E-state index in [0.717, 1.165) is 16.6 Å². The molecule has 0 amide bonds. The summed E-state index contributed by atoms with van der Waals surface area (Å²) in [6.07, 6.45) is 5.28. The van der Waals surface area contributed by atoms with Crippen molar-refractivity contribution in [3.05, 3.63) is 28.2 Å². The number of hydrogen-bond acceptors (Lipinski definition) is 2. The zero-order valence-corrected chi connectivity index (χ0v) is 14.4. The average Bonchev–Trinajstić information content (AvgIpc) is 2.91. The number of halogens is 1. The van der Waals surface area contributed by atoms with E-state index in [0.29, 0.717) is 17.7 Å². The second kappa shape index (κ2) is 6.95. The molecule has 3 heteroatoms. The standard InChI is InChI=1S/C17H26BrNO/c1-12(2)11-19(15-6-4-5-7-15)13(3)16-10-14(18)8-9-17(16)20/h8-10,12-13,15,20H,4-7,11H2,1-3H3. The van der Waals surface area contributed by atoms with Gasteiger partial charge in [-0.2, -0.15) is 0 Å². The number of aromatic hydroxyl groups is 1. The van der Waals surface area contributed by atoms with Gasteiger partial charge in [0, 0.05) is 28.7 Å². The number of benzene rings is 1. The van der Waals surface area contributed by atoms with E-state index in [1.54, 1.807) is 6.07 Å². The first-order chi connectivity index (χ1) is 9.49. The topological polar surface area (TPSA) is 23.5 Å². The highest BCUT2D eigenvalue weighted by Gasteiger charge is 2.28. The Balaban J connectivity index is 2.24. The van der Waals surface area contributed by atoms with Crippen LogP contribution in [-0.2, 0) is 0 Å². The second-order valence-electron chi connectivity index (χ2n) is 6.41. The summed E-state index contributed by atoms with van der Waals surface area (Å²) in [4.78, 5) is 2.60. The maximum atomic E-state index is 10.2. The molecule has 20 heavy (non-hydrogen) atoms. The fourth-order valence-corrected chi connectivity index (χ4v) is 3.70. The second-order valence-corrected chi connectivity index (χ2v) is 7.32. The van der Waals surface area contributed by atoms with Gasteiger partial charge < -0.3 is 5.11 Å². The minimum atomic E-state index is 0.262. The van der Waals surface area contributed by atoms with Gasteiger partial charge in [0.25, 0.3) is 0 Å². The van der Waals surface area contributed by atoms with E-state index in [9.17, 15) is 5.11 Å². The lowest BCUT2D eigenvalue weighted by molar-refractivity contribution is 0.126. The molecule has 1 unspecified atom stereocenters. The monoisotopic (exact) mass is 339 g/mol. The van der Waals surface area contributed by atoms with E-state index in [1.807, 2.05) is 6.07 Å². The molecule has 0 radical (unpaired) electrons. The van der Waals surface area contributed by atoms with Crippen molar-refractivity contribution in [2.24, 2.45) is 5.92 Å². The third kappa shape index (κ3) is 3.76. The maximum Gasteiger partial charge on any atom is 0.120 e. The molecule has 1 saturated carbocycles. The summed E-state index contributed by atoms with van der Waals surface area (Å²) in [5.41, 5.74) is 1.03. The number of rotatable bonds is 5. The van der Waals surface area contributed by atoms with E-state index in [2.05, 4.69) is 47.7 Å². The van der Waals surface area contributed by atoms with Gasteiger partial charge in [0.15, 0.2) is 0 Å². The molecule has 0 bridgehead atoms. The van der Waals surface area contributed by atoms with Crippen molar-refractivity contribution in [3.63, 3.8) is 0 Å². The van der Waals surface area contributed by atoms with Crippen LogP contribution in [0.3, 0.4) is 0 Å². The molecule has 1 N–H and O–H groups in total. The Morgan fingerprint density at radius 1 is 1.25 bits per heavy atom. The van der Waals surface area contributed by atoms with Gasteiger partial charge in [0.05, 0.1) is 0 Å². The molecule has 0 heterocycles. The predicted octanol–water partition coefficient (Wildman–Crippen LogP) is 5.12. The Kier molecular flexibility index (Phi) is 5.50. The first-order valence-corrected chi connectivity index (χ1v) is 8.52. The number of phenolic OH excluding ortho intramolecular Hbond substituents is 1. The normalized spacial score (nSPS) is 18.1. The molecule has 1 fully saturated rings. The minimum absolute atomic E-state index is 0.262. The highest BCUT2D eigenvalue weighted by molar-refractivity contribution is 9.10. The zero-order chi connectivity index (χ0) is 14.7. The van der Waals surface area contributed by atoms with Crippen molar-refractivity contribution in [1.82, 2.24) is 4.90 Å². The van der Waals surface area contributed by atoms with E-state index in [1.165, 1.54) is 25.7 Å². The molecule has 2 rings (SSSR count). The molecule has 0 spiro atoms. The molecule has 0 aliphatic heterocycles. The Hall–Kier alpha value is -0.540. The van der Waals surface area contributed by atoms with Crippen LogP contribution in [0.2, 0.25) is 0 Å². The molecule has 1 aliphatic rings. The number of hydrogen-bond donors (Lipinski definition) is 1. The van der Waals surface area contributed by atoms with E-state index >= 15 is 0 Å². The molecule has 2 nitrogen and oxygen atoms in total. The van der Waals surface area contributed by atoms with Gasteiger partial charge in [0.1, 0.15) is 5.75 Å². The molecule has 1 aliphatic carbocycles. The molecule has 1 atom stereocenters. The lowest BCUT2D eigenvalue weighted by Gasteiger charge is -2.36. The Bertz CT molecular complexity index is 441. The van der Waals surface area contributed by atoms with Crippen LogP contribution in [0, 0.1) is 5.92 Å². The molecule has 1 aromatic rings. The summed E-state index contributed by atoms with van der Waals surface area (Å²) >= 11 is 3.52. The maximum absolute atomic E-state index is 10.2. The number of phenols is 1. The average molecular weight is 340 g/mol. The zero-order valence-electron chi connectivity index (χ0n) is 12.8. The molecule has 0 saturated heterocycles. The van der Waals surface area contributed by atoms with Gasteiger partial charge in [-0.1, -0.05) is 42.6 Å². The quantitative estimate of drug-likeness (QED) is 0.804. The van der Waals surface area contributed by atoms with Crippen molar-refractivity contribution in [2.45, 2.75) is 58.5 Å². The van der Waals surface area contributed by atoms with Crippen LogP contribution in [-0.4, -0.2) is 22.6 Å². The van der Waals surface area contributed by atoms with E-state index < -0.39 is 0 Å². The van der Waals surface area contributed by atoms with Crippen LogP contribution in [0.5, 0.6) is 5.75 Å². The van der Waals surface area contributed by atoms with Crippen LogP contribution in [0.4, 0.5) is 0 Å². The summed E-state index contributed by atoms with van der Waals surface area (Å²) in [5.74, 6) is 1.06. The molecular formula is C17H26BrNO. The van der Waals surface area contributed by atoms with Gasteiger partial charge in [-0.05, 0) is 43.9 Å². The van der Waals surface area contributed by atoms with Crippen molar-refractivity contribution in [1.29, 1.82) is 0 Å². The fraction of sp³-hybridized carbons (Fsp3) is 0.647. The molecule has 0 aromatic heterocycles. The van der Waals surface area contributed by atoms with E-state index in [-0.39, 0.29) is 6.04 Å². The minimum Gasteiger partial charge on any atom is -0.508 e. The summed E-state index contributed by atoms with van der Waals surface area (Å²) in [6.45, 7) is 7.87. The summed E-state index contributed by atoms with van der Waals surface area (Å²) in [5, 5.41) is 10.2. The fourth-order valence-electron chi connectivity index (χ4n) is 3.32. The Morgan fingerprint density at radius 3 is 2.50 bits per heavy atom. The first kappa shape index (κ1) is 15.8. The van der Waals surface area contributed by atoms with Crippen molar-refractivity contribution < 1.29 is 5.11 Å². The molecule has 1 aromatic carbocycles. The van der Waals surface area contributed by atoms with Crippen LogP contribution in [0.25, 0.3) is 0 Å². The van der Waals surface area contributed by atoms with Crippen LogP contribution < -0.4 is 0 Å². The van der Waals surface area contributed by atoms with Gasteiger partial charge in [0.2, 0.25) is 0 Å². The van der Waals surface area contributed by atoms with Gasteiger partial charge in [-0.15, -0.1) is 0 Å². The van der Waals surface area contributed by atoms with Crippen molar-refractivity contribution in [2.75, 3.05) is 6.54 Å².